The van der Waals surface area contributed by atoms with Crippen LogP contribution in [0.25, 0.3) is 11.0 Å². The molecule has 20 heavy (non-hydrogen) atoms. The van der Waals surface area contributed by atoms with Crippen molar-refractivity contribution in [3.8, 4) is 0 Å². The molecule has 0 amide bonds. The van der Waals surface area contributed by atoms with Gasteiger partial charge in [-0.3, -0.25) is 0 Å². The molecule has 0 saturated heterocycles. The van der Waals surface area contributed by atoms with Crippen molar-refractivity contribution in [1.29, 1.82) is 0 Å². The molecule has 1 heterocycles. The van der Waals surface area contributed by atoms with E-state index in [1.54, 1.807) is 36.4 Å². The molecule has 0 saturated carbocycles. The Bertz CT molecular complexity index is 785. The van der Waals surface area contributed by atoms with Crippen LogP contribution >= 0.6 is 27.5 Å². The normalized spacial score (nSPS) is 12.8. The van der Waals surface area contributed by atoms with E-state index in [2.05, 4.69) is 15.9 Å². The van der Waals surface area contributed by atoms with Gasteiger partial charge in [0.1, 0.15) is 11.9 Å². The van der Waals surface area contributed by atoms with Crippen LogP contribution in [-0.2, 0) is 0 Å². The van der Waals surface area contributed by atoms with Crippen molar-refractivity contribution in [3.63, 3.8) is 0 Å². The molecule has 1 atom stereocenters. The summed E-state index contributed by atoms with van der Waals surface area (Å²) in [6.07, 6.45) is -0.993. The molecule has 0 radical (unpaired) electrons. The molecule has 1 unspecified atom stereocenters. The number of furan rings is 1. The average Bonchev–Trinajstić information content (AvgIpc) is 2.86. The fourth-order valence-electron chi connectivity index (χ4n) is 2.03. The van der Waals surface area contributed by atoms with Gasteiger partial charge in [0, 0.05) is 9.86 Å². The molecule has 0 aliphatic carbocycles. The standard InChI is InChI=1S/C15H9BrClFO2/c16-10-5-4-8(6-11(10)17)14(19)13-7-9-2-1-3-12(18)15(9)20-13/h1-7,14,19H. The minimum atomic E-state index is -0.993. The molecule has 0 aliphatic rings. The highest BCUT2D eigenvalue weighted by Gasteiger charge is 2.17. The maximum Gasteiger partial charge on any atom is 0.170 e. The maximum absolute atomic E-state index is 13.6. The second-order valence-electron chi connectivity index (χ2n) is 4.38. The number of hydrogen-bond donors (Lipinski definition) is 1. The van der Waals surface area contributed by atoms with Crippen LogP contribution in [0.5, 0.6) is 0 Å². The number of aliphatic hydroxyl groups excluding tert-OH is 1. The highest BCUT2D eigenvalue weighted by molar-refractivity contribution is 9.10. The monoisotopic (exact) mass is 354 g/mol. The molecule has 1 N–H and O–H groups in total. The molecule has 3 aromatic rings. The largest absolute Gasteiger partial charge is 0.455 e. The molecule has 2 nitrogen and oxygen atoms in total. The molecule has 0 spiro atoms. The predicted molar refractivity (Wildman–Crippen MR) is 79.4 cm³/mol. The van der Waals surface area contributed by atoms with Gasteiger partial charge in [-0.15, -0.1) is 0 Å². The van der Waals surface area contributed by atoms with Crippen molar-refractivity contribution in [1.82, 2.24) is 0 Å². The third kappa shape index (κ3) is 2.35. The van der Waals surface area contributed by atoms with Gasteiger partial charge in [0.05, 0.1) is 5.02 Å². The summed E-state index contributed by atoms with van der Waals surface area (Å²) in [5.41, 5.74) is 0.724. The maximum atomic E-state index is 13.6. The highest BCUT2D eigenvalue weighted by Crippen LogP contribution is 2.32. The zero-order valence-corrected chi connectivity index (χ0v) is 12.5. The van der Waals surface area contributed by atoms with Gasteiger partial charge in [0.2, 0.25) is 0 Å². The number of benzene rings is 2. The second-order valence-corrected chi connectivity index (χ2v) is 5.64. The van der Waals surface area contributed by atoms with Gasteiger partial charge < -0.3 is 9.52 Å². The van der Waals surface area contributed by atoms with E-state index in [1.807, 2.05) is 0 Å². The van der Waals surface area contributed by atoms with E-state index >= 15 is 0 Å². The fourth-order valence-corrected chi connectivity index (χ4v) is 2.46. The van der Waals surface area contributed by atoms with E-state index in [-0.39, 0.29) is 11.3 Å². The Morgan fingerprint density at radius 1 is 1.20 bits per heavy atom. The minimum absolute atomic E-state index is 0.143. The molecule has 0 fully saturated rings. The summed E-state index contributed by atoms with van der Waals surface area (Å²) in [5.74, 6) is -0.168. The van der Waals surface area contributed by atoms with Gasteiger partial charge in [-0.2, -0.15) is 0 Å². The summed E-state index contributed by atoms with van der Waals surface area (Å²) in [5, 5.41) is 11.4. The summed E-state index contributed by atoms with van der Waals surface area (Å²) in [6.45, 7) is 0. The number of halogens is 3. The first-order valence-corrected chi connectivity index (χ1v) is 7.04. The Morgan fingerprint density at radius 2 is 2.00 bits per heavy atom. The topological polar surface area (TPSA) is 33.4 Å². The first-order valence-electron chi connectivity index (χ1n) is 5.87. The SMILES string of the molecule is OC(c1ccc(Br)c(Cl)c1)c1cc2cccc(F)c2o1. The molecular weight excluding hydrogens is 347 g/mol. The summed E-state index contributed by atoms with van der Waals surface area (Å²) in [4.78, 5) is 0. The number of fused-ring (bicyclic) bond motifs is 1. The number of hydrogen-bond acceptors (Lipinski definition) is 2. The third-order valence-corrected chi connectivity index (χ3v) is 4.28. The Morgan fingerprint density at radius 3 is 2.70 bits per heavy atom. The van der Waals surface area contributed by atoms with E-state index < -0.39 is 11.9 Å². The number of para-hydroxylation sites is 1. The smallest absolute Gasteiger partial charge is 0.170 e. The van der Waals surface area contributed by atoms with Crippen LogP contribution in [0.15, 0.2) is 51.4 Å². The van der Waals surface area contributed by atoms with Crippen molar-refractivity contribution >= 4 is 38.5 Å². The van der Waals surface area contributed by atoms with Crippen molar-refractivity contribution < 1.29 is 13.9 Å². The predicted octanol–water partition coefficient (Wildman–Crippen LogP) is 5.07. The quantitative estimate of drug-likeness (QED) is 0.696. The lowest BCUT2D eigenvalue weighted by Gasteiger charge is -2.08. The van der Waals surface area contributed by atoms with Crippen molar-refractivity contribution in [2.75, 3.05) is 0 Å². The van der Waals surface area contributed by atoms with Gasteiger partial charge in [-0.05, 0) is 45.8 Å². The van der Waals surface area contributed by atoms with E-state index in [4.69, 9.17) is 16.0 Å². The van der Waals surface area contributed by atoms with Crippen LogP contribution in [0.1, 0.15) is 17.4 Å². The third-order valence-electron chi connectivity index (χ3n) is 3.04. The van der Waals surface area contributed by atoms with Crippen LogP contribution in [0.2, 0.25) is 5.02 Å². The van der Waals surface area contributed by atoms with Gasteiger partial charge >= 0.3 is 0 Å². The van der Waals surface area contributed by atoms with Crippen LogP contribution in [0, 0.1) is 5.82 Å². The lowest BCUT2D eigenvalue weighted by atomic mass is 10.1. The Labute approximate surface area is 127 Å². The Kier molecular flexibility index (Phi) is 3.54. The van der Waals surface area contributed by atoms with Crippen LogP contribution < -0.4 is 0 Å². The molecule has 0 bridgehead atoms. The van der Waals surface area contributed by atoms with E-state index in [9.17, 15) is 9.50 Å². The van der Waals surface area contributed by atoms with E-state index in [0.29, 0.717) is 16.0 Å². The summed E-state index contributed by atoms with van der Waals surface area (Å²) in [6, 6.07) is 11.4. The lowest BCUT2D eigenvalue weighted by molar-refractivity contribution is 0.192. The molecule has 5 heteroatoms. The first kappa shape index (κ1) is 13.6. The average molecular weight is 356 g/mol. The van der Waals surface area contributed by atoms with Gasteiger partial charge in [-0.25, -0.2) is 4.39 Å². The lowest BCUT2D eigenvalue weighted by Crippen LogP contribution is -1.97. The zero-order chi connectivity index (χ0) is 14.3. The number of aliphatic hydroxyl groups is 1. The van der Waals surface area contributed by atoms with E-state index in [0.717, 1.165) is 4.47 Å². The summed E-state index contributed by atoms with van der Waals surface area (Å²) in [7, 11) is 0. The van der Waals surface area contributed by atoms with Crippen LogP contribution in [0.4, 0.5) is 4.39 Å². The van der Waals surface area contributed by atoms with E-state index in [1.165, 1.54) is 6.07 Å². The molecule has 2 aromatic carbocycles. The van der Waals surface area contributed by atoms with Gasteiger partial charge in [0.15, 0.2) is 11.4 Å². The highest BCUT2D eigenvalue weighted by atomic mass is 79.9. The molecule has 102 valence electrons. The first-order chi connectivity index (χ1) is 9.56. The fraction of sp³-hybridized carbons (Fsp3) is 0.0667. The zero-order valence-electron chi connectivity index (χ0n) is 10.1. The molecule has 3 rings (SSSR count). The van der Waals surface area contributed by atoms with Crippen molar-refractivity contribution in [2.24, 2.45) is 0 Å². The second kappa shape index (κ2) is 5.20. The van der Waals surface area contributed by atoms with Crippen molar-refractivity contribution in [2.45, 2.75) is 6.10 Å². The van der Waals surface area contributed by atoms with Crippen molar-refractivity contribution in [3.05, 3.63) is 69.1 Å². The minimum Gasteiger partial charge on any atom is -0.455 e. The van der Waals surface area contributed by atoms with Gasteiger partial charge in [0.25, 0.3) is 0 Å². The van der Waals surface area contributed by atoms with Crippen LogP contribution in [-0.4, -0.2) is 5.11 Å². The summed E-state index contributed by atoms with van der Waals surface area (Å²) >= 11 is 9.29. The molecule has 1 aromatic heterocycles. The van der Waals surface area contributed by atoms with Gasteiger partial charge in [-0.1, -0.05) is 29.8 Å². The Hall–Kier alpha value is -1.36. The Balaban J connectivity index is 2.05. The number of rotatable bonds is 2. The van der Waals surface area contributed by atoms with Crippen LogP contribution in [0.3, 0.4) is 0 Å². The molecule has 0 aliphatic heterocycles. The summed E-state index contributed by atoms with van der Waals surface area (Å²) < 4.78 is 19.7. The molecular formula is C15H9BrClFO2.